The summed E-state index contributed by atoms with van der Waals surface area (Å²) in [7, 11) is 0. The lowest BCUT2D eigenvalue weighted by molar-refractivity contribution is 0.0919. The molecule has 1 fully saturated rings. The first-order valence-corrected chi connectivity index (χ1v) is 9.87. The highest BCUT2D eigenvalue weighted by Gasteiger charge is 2.23. The topological polar surface area (TPSA) is 78.1 Å². The molecule has 0 aliphatic carbocycles. The van der Waals surface area contributed by atoms with Crippen LogP contribution in [-0.2, 0) is 0 Å². The average Bonchev–Trinajstić information content (AvgIpc) is 2.76. The summed E-state index contributed by atoms with van der Waals surface area (Å²) >= 11 is 0. The van der Waals surface area contributed by atoms with Crippen LogP contribution in [-0.4, -0.2) is 40.4 Å². The molecule has 1 aliphatic heterocycles. The number of nitrogens with zero attached hydrogens (tertiary/aromatic N) is 2. The fourth-order valence-corrected chi connectivity index (χ4v) is 3.90. The van der Waals surface area contributed by atoms with E-state index in [4.69, 9.17) is 0 Å². The van der Waals surface area contributed by atoms with Crippen LogP contribution in [0, 0.1) is 5.82 Å². The normalized spacial score (nSPS) is 15.9. The zero-order valence-electron chi connectivity index (χ0n) is 16.0. The predicted molar refractivity (Wildman–Crippen MR) is 109 cm³/mol. The Balaban J connectivity index is 1.56. The lowest BCUT2D eigenvalue weighted by Gasteiger charge is -2.34. The van der Waals surface area contributed by atoms with Gasteiger partial charge in [0.05, 0.1) is 11.6 Å². The van der Waals surface area contributed by atoms with E-state index in [0.29, 0.717) is 6.54 Å². The summed E-state index contributed by atoms with van der Waals surface area (Å²) in [5.74, 6) is -0.992. The first-order valence-electron chi connectivity index (χ1n) is 9.87. The molecule has 1 atom stereocenters. The second kappa shape index (κ2) is 8.53. The van der Waals surface area contributed by atoms with E-state index < -0.39 is 11.7 Å². The summed E-state index contributed by atoms with van der Waals surface area (Å²) in [5, 5.41) is 3.13. The Kier molecular flexibility index (Phi) is 5.67. The maximum atomic E-state index is 14.1. The van der Waals surface area contributed by atoms with Gasteiger partial charge in [0.15, 0.2) is 5.43 Å². The second-order valence-electron chi connectivity index (χ2n) is 7.32. The molecule has 3 aromatic rings. The first kappa shape index (κ1) is 19.3. The number of nitrogens with one attached hydrogen (secondary N) is 2. The van der Waals surface area contributed by atoms with Gasteiger partial charge in [-0.3, -0.25) is 19.5 Å². The SMILES string of the molecule is O=C(NCC(c1cccnc1)N1CCCCC1)c1cc(=O)c2cccc(F)c2[nH]1. The molecule has 3 heterocycles. The maximum Gasteiger partial charge on any atom is 0.267 e. The highest BCUT2D eigenvalue weighted by atomic mass is 19.1. The van der Waals surface area contributed by atoms with Crippen molar-refractivity contribution in [3.8, 4) is 0 Å². The summed E-state index contributed by atoms with van der Waals surface area (Å²) in [6.07, 6.45) is 7.01. The zero-order chi connectivity index (χ0) is 20.2. The Morgan fingerprint density at radius 2 is 2.03 bits per heavy atom. The number of hydrogen-bond donors (Lipinski definition) is 2. The van der Waals surface area contributed by atoms with Crippen molar-refractivity contribution in [3.05, 3.63) is 76.1 Å². The number of fused-ring (bicyclic) bond motifs is 1. The van der Waals surface area contributed by atoms with Crippen molar-refractivity contribution in [2.24, 2.45) is 0 Å². The highest BCUT2D eigenvalue weighted by molar-refractivity contribution is 5.94. The number of pyridine rings is 2. The third-order valence-corrected chi connectivity index (χ3v) is 5.42. The molecule has 2 N–H and O–H groups in total. The van der Waals surface area contributed by atoms with Crippen LogP contribution < -0.4 is 10.7 Å². The lowest BCUT2D eigenvalue weighted by Crippen LogP contribution is -2.41. The molecule has 0 bridgehead atoms. The van der Waals surface area contributed by atoms with Gasteiger partial charge >= 0.3 is 0 Å². The number of aromatic amines is 1. The maximum absolute atomic E-state index is 14.1. The average molecular weight is 394 g/mol. The Labute approximate surface area is 167 Å². The number of amides is 1. The molecule has 150 valence electrons. The predicted octanol–water partition coefficient (Wildman–Crippen LogP) is 3.02. The van der Waals surface area contributed by atoms with Crippen LogP contribution in [0.5, 0.6) is 0 Å². The van der Waals surface area contributed by atoms with Crippen molar-refractivity contribution in [1.29, 1.82) is 0 Å². The van der Waals surface area contributed by atoms with Crippen molar-refractivity contribution < 1.29 is 9.18 Å². The van der Waals surface area contributed by atoms with Gasteiger partial charge in [-0.15, -0.1) is 0 Å². The van der Waals surface area contributed by atoms with Crippen LogP contribution in [0.3, 0.4) is 0 Å². The van der Waals surface area contributed by atoms with Crippen LogP contribution in [0.25, 0.3) is 10.9 Å². The molecular formula is C22H23FN4O2. The molecule has 1 unspecified atom stereocenters. The molecular weight excluding hydrogens is 371 g/mol. The number of rotatable bonds is 5. The number of benzene rings is 1. The number of piperidine rings is 1. The molecule has 7 heteroatoms. The summed E-state index contributed by atoms with van der Waals surface area (Å²) in [6, 6.07) is 9.38. The van der Waals surface area contributed by atoms with Gasteiger partial charge in [-0.25, -0.2) is 4.39 Å². The van der Waals surface area contributed by atoms with Crippen molar-refractivity contribution in [3.63, 3.8) is 0 Å². The smallest absolute Gasteiger partial charge is 0.267 e. The number of para-hydroxylation sites is 1. The fraction of sp³-hybridized carbons (Fsp3) is 0.318. The number of hydrogen-bond acceptors (Lipinski definition) is 4. The molecule has 2 aromatic heterocycles. The van der Waals surface area contributed by atoms with E-state index in [1.807, 2.05) is 18.3 Å². The van der Waals surface area contributed by atoms with Crippen molar-refractivity contribution in [2.75, 3.05) is 19.6 Å². The van der Waals surface area contributed by atoms with Crippen LogP contribution in [0.1, 0.15) is 41.4 Å². The molecule has 1 aliphatic rings. The number of likely N-dealkylation sites (tertiary alicyclic amines) is 1. The van der Waals surface area contributed by atoms with Gasteiger partial charge in [0.25, 0.3) is 5.91 Å². The van der Waals surface area contributed by atoms with Gasteiger partial charge in [0, 0.05) is 30.4 Å². The van der Waals surface area contributed by atoms with Gasteiger partial charge in [0.2, 0.25) is 0 Å². The number of H-pyrrole nitrogens is 1. The largest absolute Gasteiger partial charge is 0.349 e. The van der Waals surface area contributed by atoms with Gasteiger partial charge in [-0.05, 0) is 49.7 Å². The summed E-state index contributed by atoms with van der Waals surface area (Å²) in [5.41, 5.74) is 0.747. The third-order valence-electron chi connectivity index (χ3n) is 5.42. The molecule has 0 saturated carbocycles. The Hall–Kier alpha value is -3.06. The molecule has 1 aromatic carbocycles. The summed E-state index contributed by atoms with van der Waals surface area (Å²) in [4.78, 5) is 34.3. The van der Waals surface area contributed by atoms with E-state index in [0.717, 1.165) is 31.5 Å². The fourth-order valence-electron chi connectivity index (χ4n) is 3.90. The van der Waals surface area contributed by atoms with E-state index >= 15 is 0 Å². The van der Waals surface area contributed by atoms with Gasteiger partial charge < -0.3 is 10.3 Å². The summed E-state index contributed by atoms with van der Waals surface area (Å²) in [6.45, 7) is 2.31. The van der Waals surface area contributed by atoms with Crippen molar-refractivity contribution in [2.45, 2.75) is 25.3 Å². The van der Waals surface area contributed by atoms with Crippen molar-refractivity contribution >= 4 is 16.8 Å². The van der Waals surface area contributed by atoms with Crippen LogP contribution in [0.15, 0.2) is 53.6 Å². The molecule has 1 amide bonds. The minimum Gasteiger partial charge on any atom is -0.349 e. The number of aromatic nitrogens is 2. The molecule has 29 heavy (non-hydrogen) atoms. The second-order valence-corrected chi connectivity index (χ2v) is 7.32. The van der Waals surface area contributed by atoms with Gasteiger partial charge in [-0.2, -0.15) is 0 Å². The highest BCUT2D eigenvalue weighted by Crippen LogP contribution is 2.23. The third kappa shape index (κ3) is 4.19. The van der Waals surface area contributed by atoms with E-state index in [1.165, 1.54) is 30.7 Å². The zero-order valence-corrected chi connectivity index (χ0v) is 16.0. The van der Waals surface area contributed by atoms with E-state index in [9.17, 15) is 14.0 Å². The Bertz CT molecular complexity index is 1060. The number of halogens is 1. The van der Waals surface area contributed by atoms with Crippen LogP contribution in [0.4, 0.5) is 4.39 Å². The standard InChI is InChI=1S/C22H23FN4O2/c23-17-8-4-7-16-20(28)12-18(26-21(16)17)22(29)25-14-19(15-6-5-9-24-13-15)27-10-2-1-3-11-27/h4-9,12-13,19H,1-3,10-11,14H2,(H,25,29)(H,26,28). The van der Waals surface area contributed by atoms with Crippen molar-refractivity contribution in [1.82, 2.24) is 20.2 Å². The van der Waals surface area contributed by atoms with Gasteiger partial charge in [0.1, 0.15) is 11.5 Å². The molecule has 0 spiro atoms. The number of carbonyl (C=O) groups excluding carboxylic acids is 1. The molecule has 4 rings (SSSR count). The summed E-state index contributed by atoms with van der Waals surface area (Å²) < 4.78 is 14.1. The van der Waals surface area contributed by atoms with Crippen LogP contribution >= 0.6 is 0 Å². The monoisotopic (exact) mass is 394 g/mol. The Morgan fingerprint density at radius 3 is 2.79 bits per heavy atom. The minimum atomic E-state index is -0.559. The molecule has 6 nitrogen and oxygen atoms in total. The minimum absolute atomic E-state index is 0.00290. The van der Waals surface area contributed by atoms with Crippen LogP contribution in [0.2, 0.25) is 0 Å². The molecule has 0 radical (unpaired) electrons. The van der Waals surface area contributed by atoms with E-state index in [-0.39, 0.29) is 28.1 Å². The van der Waals surface area contributed by atoms with E-state index in [1.54, 1.807) is 6.20 Å². The Morgan fingerprint density at radius 1 is 1.21 bits per heavy atom. The first-order chi connectivity index (χ1) is 14.1. The molecule has 1 saturated heterocycles. The van der Waals surface area contributed by atoms with Gasteiger partial charge in [-0.1, -0.05) is 18.6 Å². The van der Waals surface area contributed by atoms with E-state index in [2.05, 4.69) is 20.2 Å². The number of carbonyl (C=O) groups is 1. The lowest BCUT2D eigenvalue weighted by atomic mass is 10.0. The quantitative estimate of drug-likeness (QED) is 0.697.